The average Bonchev–Trinajstić information content (AvgIpc) is 3.39. The van der Waals surface area contributed by atoms with Gasteiger partial charge in [-0.25, -0.2) is 9.97 Å². The molecule has 0 bridgehead atoms. The number of rotatable bonds is 6. The monoisotopic (exact) mass is 436 g/mol. The fraction of sp³-hybridized carbons (Fsp3) is 0.364. The topological polar surface area (TPSA) is 104 Å². The second-order valence-corrected chi connectivity index (χ2v) is 7.51. The molecule has 3 aromatic rings. The van der Waals surface area contributed by atoms with Crippen molar-refractivity contribution in [3.63, 3.8) is 0 Å². The molecule has 166 valence electrons. The van der Waals surface area contributed by atoms with Crippen molar-refractivity contribution in [2.75, 3.05) is 44.4 Å². The van der Waals surface area contributed by atoms with Crippen molar-refractivity contribution in [1.29, 1.82) is 0 Å². The lowest BCUT2D eigenvalue weighted by atomic mass is 10.1. The molecule has 2 aliphatic rings. The van der Waals surface area contributed by atoms with E-state index >= 15 is 0 Å². The lowest BCUT2D eigenvalue weighted by molar-refractivity contribution is -0.133. The molecule has 2 aliphatic heterocycles. The summed E-state index contributed by atoms with van der Waals surface area (Å²) in [7, 11) is 0. The van der Waals surface area contributed by atoms with E-state index in [4.69, 9.17) is 14.2 Å². The van der Waals surface area contributed by atoms with Crippen molar-refractivity contribution in [2.45, 2.75) is 12.5 Å². The van der Waals surface area contributed by atoms with Crippen LogP contribution in [0.5, 0.6) is 11.5 Å². The van der Waals surface area contributed by atoms with E-state index in [1.54, 1.807) is 29.5 Å². The van der Waals surface area contributed by atoms with E-state index in [9.17, 15) is 4.79 Å². The van der Waals surface area contributed by atoms with Crippen LogP contribution in [0.25, 0.3) is 5.95 Å². The van der Waals surface area contributed by atoms with Gasteiger partial charge in [-0.1, -0.05) is 6.07 Å². The number of morpholine rings is 1. The van der Waals surface area contributed by atoms with Crippen molar-refractivity contribution in [2.24, 2.45) is 0 Å². The van der Waals surface area contributed by atoms with Crippen molar-refractivity contribution in [3.8, 4) is 17.4 Å². The van der Waals surface area contributed by atoms with Gasteiger partial charge in [0.05, 0.1) is 13.2 Å². The van der Waals surface area contributed by atoms with Gasteiger partial charge in [-0.3, -0.25) is 9.36 Å². The highest BCUT2D eigenvalue weighted by atomic mass is 16.6. The van der Waals surface area contributed by atoms with Gasteiger partial charge in [0.2, 0.25) is 5.95 Å². The van der Waals surface area contributed by atoms with Crippen LogP contribution < -0.4 is 19.7 Å². The maximum atomic E-state index is 12.7. The fourth-order valence-electron chi connectivity index (χ4n) is 3.72. The van der Waals surface area contributed by atoms with Gasteiger partial charge in [-0.05, 0) is 30.2 Å². The molecule has 1 N–H and O–H groups in total. The largest absolute Gasteiger partial charge is 0.486 e. The van der Waals surface area contributed by atoms with E-state index in [-0.39, 0.29) is 5.91 Å². The number of carbonyl (C=O) groups excluding carboxylic acids is 1. The van der Waals surface area contributed by atoms with Crippen LogP contribution in [0.15, 0.2) is 49.2 Å². The van der Waals surface area contributed by atoms with Crippen LogP contribution in [0.4, 0.5) is 5.82 Å². The Bertz CT molecular complexity index is 1070. The van der Waals surface area contributed by atoms with Crippen LogP contribution in [0.2, 0.25) is 0 Å². The minimum absolute atomic E-state index is 0.129. The number of benzene rings is 1. The van der Waals surface area contributed by atoms with Crippen molar-refractivity contribution in [1.82, 2.24) is 24.8 Å². The van der Waals surface area contributed by atoms with Gasteiger partial charge >= 0.3 is 0 Å². The normalized spacial score (nSPS) is 17.8. The number of imidazole rings is 1. The smallest absolute Gasteiger partial charge is 0.250 e. The van der Waals surface area contributed by atoms with E-state index in [1.807, 2.05) is 29.2 Å². The standard InChI is InChI=1S/C22H24N6O4/c29-21(24-5-3-16-1-2-17-18(13-16)32-12-11-31-17)19-14-27(9-10-30-19)20-4-6-25-22(26-20)28-8-7-23-15-28/h1-2,4,6-8,13,15,19H,3,5,9-12,14H2,(H,24,29). The van der Waals surface area contributed by atoms with Crippen molar-refractivity contribution >= 4 is 11.7 Å². The van der Waals surface area contributed by atoms with Crippen LogP contribution in [0.1, 0.15) is 5.56 Å². The van der Waals surface area contributed by atoms with Gasteiger partial charge in [0.25, 0.3) is 5.91 Å². The Morgan fingerprint density at radius 2 is 2.03 bits per heavy atom. The van der Waals surface area contributed by atoms with Gasteiger partial charge in [0.15, 0.2) is 17.6 Å². The van der Waals surface area contributed by atoms with E-state index in [0.717, 1.165) is 22.9 Å². The van der Waals surface area contributed by atoms with E-state index < -0.39 is 6.10 Å². The Labute approximate surface area is 185 Å². The molecule has 1 atom stereocenters. The summed E-state index contributed by atoms with van der Waals surface area (Å²) < 4.78 is 18.6. The minimum Gasteiger partial charge on any atom is -0.486 e. The third kappa shape index (κ3) is 4.50. The molecule has 1 unspecified atom stereocenters. The van der Waals surface area contributed by atoms with Gasteiger partial charge in [0, 0.05) is 31.7 Å². The molecule has 0 saturated carbocycles. The van der Waals surface area contributed by atoms with Crippen molar-refractivity contribution in [3.05, 3.63) is 54.7 Å². The molecule has 1 saturated heterocycles. The molecular weight excluding hydrogens is 412 g/mol. The number of ether oxygens (including phenoxy) is 3. The van der Waals surface area contributed by atoms with Crippen LogP contribution >= 0.6 is 0 Å². The molecule has 4 heterocycles. The molecule has 10 heteroatoms. The Balaban J connectivity index is 1.16. The summed E-state index contributed by atoms with van der Waals surface area (Å²) in [6.45, 7) is 3.17. The predicted molar refractivity (Wildman–Crippen MR) is 115 cm³/mol. The van der Waals surface area contributed by atoms with Crippen molar-refractivity contribution < 1.29 is 19.0 Å². The Morgan fingerprint density at radius 1 is 1.12 bits per heavy atom. The van der Waals surface area contributed by atoms with Crippen LogP contribution in [0, 0.1) is 0 Å². The van der Waals surface area contributed by atoms with Gasteiger partial charge in [-0.15, -0.1) is 0 Å². The highest BCUT2D eigenvalue weighted by molar-refractivity contribution is 5.81. The van der Waals surface area contributed by atoms with Crippen LogP contribution in [-0.4, -0.2) is 71.0 Å². The summed E-state index contributed by atoms with van der Waals surface area (Å²) in [5.74, 6) is 2.68. The lowest BCUT2D eigenvalue weighted by Crippen LogP contribution is -2.50. The Morgan fingerprint density at radius 3 is 2.91 bits per heavy atom. The SMILES string of the molecule is O=C(NCCc1ccc2c(c1)OCCO2)C1CN(c2ccnc(-n3ccnc3)n2)CCO1. The number of aromatic nitrogens is 4. The van der Waals surface area contributed by atoms with E-state index in [1.165, 1.54) is 0 Å². The summed E-state index contributed by atoms with van der Waals surface area (Å²) in [4.78, 5) is 27.7. The minimum atomic E-state index is -0.560. The number of nitrogens with zero attached hydrogens (tertiary/aromatic N) is 5. The third-order valence-corrected chi connectivity index (χ3v) is 5.37. The molecular formula is C22H24N6O4. The number of fused-ring (bicyclic) bond motifs is 1. The molecule has 2 aromatic heterocycles. The molecule has 1 aromatic carbocycles. The second kappa shape index (κ2) is 9.23. The van der Waals surface area contributed by atoms with E-state index in [2.05, 4.69) is 20.3 Å². The summed E-state index contributed by atoms with van der Waals surface area (Å²) in [6, 6.07) is 7.70. The molecule has 1 amide bonds. The van der Waals surface area contributed by atoms with Gasteiger partial charge in [0.1, 0.15) is 25.4 Å². The van der Waals surface area contributed by atoms with Crippen LogP contribution in [0.3, 0.4) is 0 Å². The lowest BCUT2D eigenvalue weighted by Gasteiger charge is -2.33. The Kier molecular flexibility index (Phi) is 5.84. The highest BCUT2D eigenvalue weighted by Gasteiger charge is 2.27. The highest BCUT2D eigenvalue weighted by Crippen LogP contribution is 2.30. The molecule has 0 aliphatic carbocycles. The molecule has 1 fully saturated rings. The zero-order valence-electron chi connectivity index (χ0n) is 17.5. The van der Waals surface area contributed by atoms with E-state index in [0.29, 0.717) is 51.8 Å². The first-order chi connectivity index (χ1) is 15.8. The first-order valence-electron chi connectivity index (χ1n) is 10.6. The molecule has 0 spiro atoms. The van der Waals surface area contributed by atoms with Gasteiger partial charge in [-0.2, -0.15) is 4.98 Å². The predicted octanol–water partition coefficient (Wildman–Crippen LogP) is 0.998. The molecule has 32 heavy (non-hydrogen) atoms. The summed E-state index contributed by atoms with van der Waals surface area (Å²) in [5, 5.41) is 2.98. The number of carbonyl (C=O) groups is 1. The zero-order chi connectivity index (χ0) is 21.8. The number of hydrogen-bond donors (Lipinski definition) is 1. The maximum absolute atomic E-state index is 12.7. The van der Waals surface area contributed by atoms with Crippen LogP contribution in [-0.2, 0) is 16.0 Å². The number of hydrogen-bond acceptors (Lipinski definition) is 8. The first kappa shape index (κ1) is 20.3. The maximum Gasteiger partial charge on any atom is 0.250 e. The third-order valence-electron chi connectivity index (χ3n) is 5.37. The summed E-state index contributed by atoms with van der Waals surface area (Å²) >= 11 is 0. The number of anilines is 1. The number of nitrogens with one attached hydrogen (secondary N) is 1. The fourth-order valence-corrected chi connectivity index (χ4v) is 3.72. The zero-order valence-corrected chi connectivity index (χ0v) is 17.5. The molecule has 0 radical (unpaired) electrons. The van der Waals surface area contributed by atoms with Gasteiger partial charge < -0.3 is 24.4 Å². The second-order valence-electron chi connectivity index (χ2n) is 7.51. The molecule has 10 nitrogen and oxygen atoms in total. The summed E-state index contributed by atoms with van der Waals surface area (Å²) in [6.07, 6.45) is 6.95. The number of amides is 1. The molecule has 5 rings (SSSR count). The Hall–Kier alpha value is -3.66. The quantitative estimate of drug-likeness (QED) is 0.610. The first-order valence-corrected chi connectivity index (χ1v) is 10.6. The summed E-state index contributed by atoms with van der Waals surface area (Å²) in [5.41, 5.74) is 1.08. The average molecular weight is 436 g/mol.